The van der Waals surface area contributed by atoms with Crippen LogP contribution >= 0.6 is 0 Å². The van der Waals surface area contributed by atoms with Gasteiger partial charge in [-0.15, -0.1) is 0 Å². The van der Waals surface area contributed by atoms with Crippen molar-refractivity contribution in [1.82, 2.24) is 9.97 Å². The van der Waals surface area contributed by atoms with Crippen molar-refractivity contribution in [1.29, 1.82) is 0 Å². The van der Waals surface area contributed by atoms with Gasteiger partial charge in [-0.25, -0.2) is 18.4 Å². The van der Waals surface area contributed by atoms with E-state index < -0.39 is 9.84 Å². The fourth-order valence-electron chi connectivity index (χ4n) is 2.98. The molecule has 1 atom stereocenters. The van der Waals surface area contributed by atoms with Crippen molar-refractivity contribution >= 4 is 27.4 Å². The first kappa shape index (κ1) is 18.3. The summed E-state index contributed by atoms with van der Waals surface area (Å²) in [5.74, 6) is 0.459. The Hall–Kier alpha value is -2.48. The highest BCUT2D eigenvalue weighted by Crippen LogP contribution is 2.22. The van der Waals surface area contributed by atoms with E-state index in [-0.39, 0.29) is 22.5 Å². The van der Waals surface area contributed by atoms with Crippen LogP contribution in [0.5, 0.6) is 0 Å². The van der Waals surface area contributed by atoms with Gasteiger partial charge in [-0.2, -0.15) is 0 Å². The van der Waals surface area contributed by atoms with Crippen LogP contribution in [0.15, 0.2) is 47.6 Å². The van der Waals surface area contributed by atoms with Gasteiger partial charge in [0.25, 0.3) is 0 Å². The molecule has 1 aromatic carbocycles. The molecule has 2 heterocycles. The number of carbonyl (C=O) groups excluding carboxylic acids is 1. The van der Waals surface area contributed by atoms with Crippen molar-refractivity contribution in [2.24, 2.45) is 5.92 Å². The lowest BCUT2D eigenvalue weighted by molar-refractivity contribution is -0.120. The van der Waals surface area contributed by atoms with E-state index in [1.165, 1.54) is 12.1 Å². The number of anilines is 2. The van der Waals surface area contributed by atoms with Crippen molar-refractivity contribution in [2.45, 2.75) is 24.7 Å². The second-order valence-electron chi connectivity index (χ2n) is 6.25. The number of rotatable bonds is 5. The zero-order valence-electron chi connectivity index (χ0n) is 14.6. The Morgan fingerprint density at radius 3 is 2.58 bits per heavy atom. The third-order valence-corrected chi connectivity index (χ3v) is 6.24. The van der Waals surface area contributed by atoms with Gasteiger partial charge in [0.1, 0.15) is 0 Å². The summed E-state index contributed by atoms with van der Waals surface area (Å²) in [5.41, 5.74) is 0.595. The fourth-order valence-corrected chi connectivity index (χ4v) is 3.87. The summed E-state index contributed by atoms with van der Waals surface area (Å²) in [5, 5.41) is 2.88. The van der Waals surface area contributed by atoms with Gasteiger partial charge < -0.3 is 10.2 Å². The van der Waals surface area contributed by atoms with E-state index in [1.54, 1.807) is 37.5 Å². The topological polar surface area (TPSA) is 92.3 Å². The smallest absolute Gasteiger partial charge is 0.229 e. The zero-order chi connectivity index (χ0) is 18.6. The maximum Gasteiger partial charge on any atom is 0.229 e. The number of hydrogen-bond acceptors (Lipinski definition) is 6. The summed E-state index contributed by atoms with van der Waals surface area (Å²) in [6.45, 7) is 3.01. The third kappa shape index (κ3) is 4.19. The highest BCUT2D eigenvalue weighted by Gasteiger charge is 2.27. The van der Waals surface area contributed by atoms with Crippen LogP contribution in [-0.2, 0) is 14.6 Å². The number of benzene rings is 1. The highest BCUT2D eigenvalue weighted by atomic mass is 32.2. The van der Waals surface area contributed by atoms with Crippen molar-refractivity contribution in [2.75, 3.05) is 29.1 Å². The molecule has 0 radical (unpaired) electrons. The highest BCUT2D eigenvalue weighted by molar-refractivity contribution is 7.91. The Morgan fingerprint density at radius 1 is 1.23 bits per heavy atom. The number of nitrogens with zero attached hydrogens (tertiary/aromatic N) is 3. The van der Waals surface area contributed by atoms with E-state index in [2.05, 4.69) is 15.3 Å². The van der Waals surface area contributed by atoms with Gasteiger partial charge in [0.05, 0.1) is 16.6 Å². The first-order chi connectivity index (χ1) is 12.5. The second kappa shape index (κ2) is 7.82. The Morgan fingerprint density at radius 2 is 1.92 bits per heavy atom. The molecule has 0 spiro atoms. The molecule has 1 fully saturated rings. The molecule has 1 aliphatic heterocycles. The molecule has 1 saturated heterocycles. The van der Waals surface area contributed by atoms with Crippen molar-refractivity contribution < 1.29 is 13.2 Å². The minimum atomic E-state index is -3.24. The quantitative estimate of drug-likeness (QED) is 0.862. The van der Waals surface area contributed by atoms with Crippen LogP contribution in [0.4, 0.5) is 11.6 Å². The Balaban J connectivity index is 1.64. The molecular weight excluding hydrogens is 352 g/mol. The number of aromatic nitrogens is 2. The van der Waals surface area contributed by atoms with Gasteiger partial charge in [0, 0.05) is 31.2 Å². The van der Waals surface area contributed by atoms with Crippen molar-refractivity contribution in [3.63, 3.8) is 0 Å². The lowest BCUT2D eigenvalue weighted by Crippen LogP contribution is -2.41. The molecule has 1 amide bonds. The molecule has 0 bridgehead atoms. The Labute approximate surface area is 153 Å². The van der Waals surface area contributed by atoms with Crippen LogP contribution in [0.2, 0.25) is 0 Å². The van der Waals surface area contributed by atoms with Crippen LogP contribution in [0.1, 0.15) is 19.8 Å². The van der Waals surface area contributed by atoms with Crippen LogP contribution in [0, 0.1) is 5.92 Å². The lowest BCUT2D eigenvalue weighted by atomic mass is 9.97. The van der Waals surface area contributed by atoms with Gasteiger partial charge in [0.2, 0.25) is 11.9 Å². The molecule has 1 N–H and O–H groups in total. The van der Waals surface area contributed by atoms with E-state index in [0.717, 1.165) is 19.4 Å². The number of nitrogens with one attached hydrogen (secondary N) is 1. The predicted molar refractivity (Wildman–Crippen MR) is 99.8 cm³/mol. The first-order valence-electron chi connectivity index (χ1n) is 8.65. The average molecular weight is 374 g/mol. The average Bonchev–Trinajstić information content (AvgIpc) is 2.69. The first-order valence-corrected chi connectivity index (χ1v) is 10.3. The monoisotopic (exact) mass is 374 g/mol. The minimum absolute atomic E-state index is 0.0537. The normalized spacial score (nSPS) is 17.7. The number of sulfone groups is 1. The molecule has 1 aliphatic rings. The second-order valence-corrected chi connectivity index (χ2v) is 8.53. The van der Waals surface area contributed by atoms with Gasteiger partial charge in [0.15, 0.2) is 9.84 Å². The summed E-state index contributed by atoms with van der Waals surface area (Å²) < 4.78 is 23.7. The maximum atomic E-state index is 12.6. The molecule has 2 aromatic rings. The van der Waals surface area contributed by atoms with E-state index >= 15 is 0 Å². The largest absolute Gasteiger partial charge is 0.340 e. The fraction of sp³-hybridized carbons (Fsp3) is 0.389. The number of amides is 1. The molecular formula is C18H22N4O3S. The zero-order valence-corrected chi connectivity index (χ0v) is 15.4. The standard InChI is InChI=1S/C18H22N4O3S/c1-2-26(24,25)16-8-6-15(7-9-16)21-17(23)14-5-3-12-22(13-14)18-19-10-4-11-20-18/h4,6-11,14H,2-3,5,12-13H2,1H3,(H,21,23). The van der Waals surface area contributed by atoms with E-state index in [9.17, 15) is 13.2 Å². The summed E-state index contributed by atoms with van der Waals surface area (Å²) >= 11 is 0. The van der Waals surface area contributed by atoms with Crippen LogP contribution in [-0.4, -0.2) is 43.1 Å². The number of hydrogen-bond donors (Lipinski definition) is 1. The predicted octanol–water partition coefficient (Wildman–Crippen LogP) is 2.13. The molecule has 0 aliphatic carbocycles. The summed E-state index contributed by atoms with van der Waals surface area (Å²) in [6, 6.07) is 8.07. The van der Waals surface area contributed by atoms with Gasteiger partial charge >= 0.3 is 0 Å². The molecule has 3 rings (SSSR count). The van der Waals surface area contributed by atoms with Crippen molar-refractivity contribution in [3.8, 4) is 0 Å². The number of piperidine rings is 1. The SMILES string of the molecule is CCS(=O)(=O)c1ccc(NC(=O)C2CCCN(c3ncccn3)C2)cc1. The molecule has 1 unspecified atom stereocenters. The van der Waals surface area contributed by atoms with E-state index in [0.29, 0.717) is 18.2 Å². The van der Waals surface area contributed by atoms with Crippen molar-refractivity contribution in [3.05, 3.63) is 42.7 Å². The molecule has 26 heavy (non-hydrogen) atoms. The summed E-state index contributed by atoms with van der Waals surface area (Å²) in [4.78, 5) is 23.4. The van der Waals surface area contributed by atoms with E-state index in [1.807, 2.05) is 4.90 Å². The lowest BCUT2D eigenvalue weighted by Gasteiger charge is -2.31. The van der Waals surface area contributed by atoms with Crippen LogP contribution in [0.3, 0.4) is 0 Å². The maximum absolute atomic E-state index is 12.6. The Kier molecular flexibility index (Phi) is 5.51. The molecule has 7 nitrogen and oxygen atoms in total. The molecule has 138 valence electrons. The molecule has 1 aromatic heterocycles. The summed E-state index contributed by atoms with van der Waals surface area (Å²) in [7, 11) is -3.24. The van der Waals surface area contributed by atoms with Gasteiger partial charge in [-0.1, -0.05) is 6.92 Å². The number of carbonyl (C=O) groups is 1. The van der Waals surface area contributed by atoms with E-state index in [4.69, 9.17) is 0 Å². The van der Waals surface area contributed by atoms with Gasteiger partial charge in [-0.05, 0) is 43.2 Å². The van der Waals surface area contributed by atoms with Gasteiger partial charge in [-0.3, -0.25) is 4.79 Å². The minimum Gasteiger partial charge on any atom is -0.340 e. The molecule has 8 heteroatoms. The Bertz CT molecular complexity index is 854. The van der Waals surface area contributed by atoms with Crippen LogP contribution < -0.4 is 10.2 Å². The molecule has 0 saturated carbocycles. The third-order valence-electron chi connectivity index (χ3n) is 4.49. The summed E-state index contributed by atoms with van der Waals surface area (Å²) in [6.07, 6.45) is 5.08. The van der Waals surface area contributed by atoms with Crippen LogP contribution in [0.25, 0.3) is 0 Å².